The van der Waals surface area contributed by atoms with Gasteiger partial charge in [-0.05, 0) is 48.5 Å². The zero-order chi connectivity index (χ0) is 20.4. The number of hydrogen-bond donors (Lipinski definition) is 0. The Hall–Kier alpha value is -3.34. The van der Waals surface area contributed by atoms with Crippen LogP contribution < -0.4 is 21.9 Å². The molecule has 5 heteroatoms. The first-order valence-electron chi connectivity index (χ1n) is 9.20. The van der Waals surface area contributed by atoms with Crippen LogP contribution in [-0.4, -0.2) is 6.15 Å². The minimum absolute atomic E-state index is 0. The van der Waals surface area contributed by atoms with Crippen LogP contribution in [0, 0.1) is 23.3 Å². The largest absolute Gasteiger partial charge is 1.00 e. The molecule has 0 fully saturated rings. The van der Waals surface area contributed by atoms with Crippen LogP contribution in [0.25, 0.3) is 0 Å². The van der Waals surface area contributed by atoms with Crippen molar-refractivity contribution < 1.29 is 19.0 Å². The molecule has 29 heavy (non-hydrogen) atoms. The van der Waals surface area contributed by atoms with Crippen LogP contribution in [0.1, 0.15) is 1.43 Å². The molecule has 0 heterocycles. The second-order valence-electron chi connectivity index (χ2n) is 7.07. The molecule has 0 aliphatic rings. The summed E-state index contributed by atoms with van der Waals surface area (Å²) < 4.78 is 54.8. The monoisotopic (exact) mass is 392 g/mol. The molecule has 0 saturated heterocycles. The molecular weight excluding hydrogens is 375 g/mol. The predicted octanol–water partition coefficient (Wildman–Crippen LogP) is 3.73. The first-order chi connectivity index (χ1) is 14.0. The van der Waals surface area contributed by atoms with Crippen LogP contribution in [-0.2, 0) is 0 Å². The third-order valence-corrected chi connectivity index (χ3v) is 5.48. The molecule has 0 aliphatic heterocycles. The lowest BCUT2D eigenvalue weighted by Crippen LogP contribution is -2.74. The van der Waals surface area contributed by atoms with Crippen molar-refractivity contribution in [3.05, 3.63) is 120 Å². The van der Waals surface area contributed by atoms with Crippen molar-refractivity contribution >= 4 is 28.0 Å². The third-order valence-electron chi connectivity index (χ3n) is 5.48. The smallest absolute Gasteiger partial charge is 0.207 e. The fraction of sp³-hybridized carbons (Fsp3) is 0. The van der Waals surface area contributed by atoms with Crippen LogP contribution >= 0.6 is 0 Å². The molecule has 4 aromatic rings. The lowest BCUT2D eigenvalue weighted by molar-refractivity contribution is 0.628. The SMILES string of the molecule is Fc1ccc([B-](c2ccc(F)cc2)(c2ccc(F)cc2)c2ccc(F)cc2)cc1.[H+]. The second kappa shape index (κ2) is 7.59. The van der Waals surface area contributed by atoms with Crippen molar-refractivity contribution in [2.75, 3.05) is 0 Å². The maximum Gasteiger partial charge on any atom is 1.00 e. The van der Waals surface area contributed by atoms with E-state index in [1.54, 1.807) is 48.5 Å². The molecule has 4 rings (SSSR count). The number of rotatable bonds is 4. The highest BCUT2D eigenvalue weighted by atomic mass is 19.1. The summed E-state index contributed by atoms with van der Waals surface area (Å²) in [4.78, 5) is 0. The van der Waals surface area contributed by atoms with E-state index < -0.39 is 29.4 Å². The molecule has 0 unspecified atom stereocenters. The summed E-state index contributed by atoms with van der Waals surface area (Å²) in [5, 5.41) is 0. The standard InChI is InChI=1S/C24H16BF4/c26-21-9-1-17(2-10-21)25(18-3-11-22(27)12-4-18,19-5-13-23(28)14-6-19)20-7-15-24(29)16-8-20/h1-16H/q-1/p+1. The Morgan fingerprint density at radius 1 is 0.345 bits per heavy atom. The normalized spacial score (nSPS) is 11.4. The van der Waals surface area contributed by atoms with Gasteiger partial charge in [-0.2, -0.15) is 21.9 Å². The quantitative estimate of drug-likeness (QED) is 0.367. The van der Waals surface area contributed by atoms with E-state index in [1.807, 2.05) is 0 Å². The maximum absolute atomic E-state index is 13.7. The van der Waals surface area contributed by atoms with E-state index in [4.69, 9.17) is 0 Å². The van der Waals surface area contributed by atoms with E-state index in [-0.39, 0.29) is 1.43 Å². The fourth-order valence-corrected chi connectivity index (χ4v) is 4.16. The van der Waals surface area contributed by atoms with Crippen LogP contribution in [0.2, 0.25) is 0 Å². The molecule has 0 aromatic heterocycles. The highest BCUT2D eigenvalue weighted by Gasteiger charge is 2.31. The predicted molar refractivity (Wildman–Crippen MR) is 111 cm³/mol. The van der Waals surface area contributed by atoms with Gasteiger partial charge in [-0.25, -0.2) is 17.6 Å². The Morgan fingerprint density at radius 3 is 0.690 bits per heavy atom. The molecule has 0 spiro atoms. The van der Waals surface area contributed by atoms with E-state index in [1.165, 1.54) is 48.5 Å². The van der Waals surface area contributed by atoms with Gasteiger partial charge in [0.15, 0.2) is 0 Å². The second-order valence-corrected chi connectivity index (χ2v) is 7.07. The number of halogens is 4. The maximum atomic E-state index is 13.7. The van der Waals surface area contributed by atoms with Gasteiger partial charge in [0.1, 0.15) is 29.4 Å². The summed E-state index contributed by atoms with van der Waals surface area (Å²) in [5.74, 6) is -1.57. The van der Waals surface area contributed by atoms with Crippen LogP contribution in [0.5, 0.6) is 0 Å². The van der Waals surface area contributed by atoms with Gasteiger partial charge < -0.3 is 0 Å². The van der Waals surface area contributed by atoms with Crippen LogP contribution in [0.4, 0.5) is 17.6 Å². The minimum atomic E-state index is -1.94. The van der Waals surface area contributed by atoms with E-state index in [9.17, 15) is 17.6 Å². The van der Waals surface area contributed by atoms with Gasteiger partial charge in [-0.3, -0.25) is 0 Å². The summed E-state index contributed by atoms with van der Waals surface area (Å²) in [6, 6.07) is 24.1. The van der Waals surface area contributed by atoms with Crippen LogP contribution in [0.3, 0.4) is 0 Å². The van der Waals surface area contributed by atoms with E-state index >= 15 is 0 Å². The molecular formula is C24H17BF4. The molecule has 4 aromatic carbocycles. The summed E-state index contributed by atoms with van der Waals surface area (Å²) in [6.45, 7) is 0. The van der Waals surface area contributed by atoms with Gasteiger partial charge in [0.2, 0.25) is 0 Å². The zero-order valence-corrected chi connectivity index (χ0v) is 15.3. The fourth-order valence-electron chi connectivity index (χ4n) is 4.16. The molecule has 144 valence electrons. The summed E-state index contributed by atoms with van der Waals surface area (Å²) in [7, 11) is 0. The van der Waals surface area contributed by atoms with Gasteiger partial charge in [-0.15, -0.1) is 0 Å². The molecule has 0 nitrogen and oxygen atoms in total. The van der Waals surface area contributed by atoms with Gasteiger partial charge in [0, 0.05) is 0 Å². The number of benzene rings is 4. The Morgan fingerprint density at radius 2 is 0.517 bits per heavy atom. The van der Waals surface area contributed by atoms with E-state index in [0.29, 0.717) is 0 Å². The van der Waals surface area contributed by atoms with Crippen molar-refractivity contribution in [3.8, 4) is 0 Å². The first-order valence-corrected chi connectivity index (χ1v) is 9.20. The first kappa shape index (κ1) is 19.0. The molecule has 0 radical (unpaired) electrons. The minimum Gasteiger partial charge on any atom is -0.207 e. The van der Waals surface area contributed by atoms with Gasteiger partial charge >= 0.3 is 1.43 Å². The average molecular weight is 392 g/mol. The number of hydrogen-bond acceptors (Lipinski definition) is 0. The Bertz CT molecular complexity index is 922. The van der Waals surface area contributed by atoms with Gasteiger partial charge in [-0.1, -0.05) is 48.5 Å². The molecule has 0 atom stereocenters. The molecule has 0 saturated carbocycles. The van der Waals surface area contributed by atoms with Gasteiger partial charge in [0.05, 0.1) is 0 Å². The molecule has 0 N–H and O–H groups in total. The van der Waals surface area contributed by atoms with Gasteiger partial charge in [0.25, 0.3) is 0 Å². The Labute approximate surface area is 167 Å². The molecule has 0 amide bonds. The van der Waals surface area contributed by atoms with Crippen molar-refractivity contribution in [2.24, 2.45) is 0 Å². The highest BCUT2D eigenvalue weighted by molar-refractivity contribution is 7.19. The van der Waals surface area contributed by atoms with E-state index in [2.05, 4.69) is 0 Å². The lowest BCUT2D eigenvalue weighted by Gasteiger charge is -2.44. The van der Waals surface area contributed by atoms with Crippen molar-refractivity contribution in [1.29, 1.82) is 0 Å². The van der Waals surface area contributed by atoms with Crippen molar-refractivity contribution in [2.45, 2.75) is 0 Å². The highest BCUT2D eigenvalue weighted by Crippen LogP contribution is 2.12. The average Bonchev–Trinajstić information content (AvgIpc) is 2.73. The van der Waals surface area contributed by atoms with Crippen LogP contribution in [0.15, 0.2) is 97.1 Å². The van der Waals surface area contributed by atoms with E-state index in [0.717, 1.165) is 21.9 Å². The lowest BCUT2D eigenvalue weighted by atomic mass is 9.13. The Balaban J connectivity index is 0.00000256. The molecule has 0 bridgehead atoms. The molecule has 0 aliphatic carbocycles. The topological polar surface area (TPSA) is 0 Å². The van der Waals surface area contributed by atoms with Crippen molar-refractivity contribution in [3.63, 3.8) is 0 Å². The summed E-state index contributed by atoms with van der Waals surface area (Å²) in [5.41, 5.74) is 2.99. The summed E-state index contributed by atoms with van der Waals surface area (Å²) >= 11 is 0. The zero-order valence-electron chi connectivity index (χ0n) is 16.3. The summed E-state index contributed by atoms with van der Waals surface area (Å²) in [6.07, 6.45) is -1.94. The van der Waals surface area contributed by atoms with Crippen molar-refractivity contribution in [1.82, 2.24) is 0 Å². The Kier molecular flexibility index (Phi) is 4.97. The third kappa shape index (κ3) is 3.44.